The summed E-state index contributed by atoms with van der Waals surface area (Å²) < 4.78 is 0. The molecule has 1 aliphatic rings. The zero-order valence-corrected chi connectivity index (χ0v) is 14.3. The molecule has 1 aliphatic heterocycles. The summed E-state index contributed by atoms with van der Waals surface area (Å²) in [5.74, 6) is -0.629. The topological polar surface area (TPSA) is 49.4 Å². The molecule has 0 aliphatic carbocycles. The standard InChI is InChI=1S/C18H16Cl2N2O2/c19-14-6-7-15(20)16(9-14)21-18(24)13-8-17(23)22(11-13)10-12-4-2-1-3-5-12/h1-7,9,13H,8,10-11H2,(H,21,24)/t13-/m1/s1. The first-order valence-corrected chi connectivity index (χ1v) is 8.36. The van der Waals surface area contributed by atoms with Gasteiger partial charge in [0, 0.05) is 24.5 Å². The molecule has 0 spiro atoms. The number of rotatable bonds is 4. The van der Waals surface area contributed by atoms with Crippen LogP contribution in [0.15, 0.2) is 48.5 Å². The van der Waals surface area contributed by atoms with Crippen LogP contribution in [-0.2, 0) is 16.1 Å². The number of amides is 2. The van der Waals surface area contributed by atoms with Crippen molar-refractivity contribution < 1.29 is 9.59 Å². The molecule has 0 radical (unpaired) electrons. The van der Waals surface area contributed by atoms with Crippen LogP contribution in [0.1, 0.15) is 12.0 Å². The van der Waals surface area contributed by atoms with Crippen LogP contribution in [0, 0.1) is 5.92 Å². The van der Waals surface area contributed by atoms with Gasteiger partial charge in [0.05, 0.1) is 16.6 Å². The Kier molecular flexibility index (Phi) is 5.07. The van der Waals surface area contributed by atoms with Gasteiger partial charge in [-0.05, 0) is 23.8 Å². The Morgan fingerprint density at radius 2 is 1.92 bits per heavy atom. The lowest BCUT2D eigenvalue weighted by Crippen LogP contribution is -2.28. The normalized spacial score (nSPS) is 17.2. The number of anilines is 1. The van der Waals surface area contributed by atoms with Crippen molar-refractivity contribution in [2.75, 3.05) is 11.9 Å². The van der Waals surface area contributed by atoms with E-state index in [1.54, 1.807) is 23.1 Å². The molecule has 1 heterocycles. The van der Waals surface area contributed by atoms with Gasteiger partial charge >= 0.3 is 0 Å². The summed E-state index contributed by atoms with van der Waals surface area (Å²) in [6, 6.07) is 14.6. The Labute approximate surface area is 150 Å². The van der Waals surface area contributed by atoms with E-state index in [2.05, 4.69) is 5.32 Å². The van der Waals surface area contributed by atoms with Gasteiger partial charge in [-0.2, -0.15) is 0 Å². The molecule has 124 valence electrons. The number of likely N-dealkylation sites (tertiary alicyclic amines) is 1. The predicted molar refractivity (Wildman–Crippen MR) is 95.1 cm³/mol. The lowest BCUT2D eigenvalue weighted by atomic mass is 10.1. The predicted octanol–water partition coefficient (Wildman–Crippen LogP) is 3.98. The highest BCUT2D eigenvalue weighted by atomic mass is 35.5. The fourth-order valence-corrected chi connectivity index (χ4v) is 3.07. The van der Waals surface area contributed by atoms with Crippen molar-refractivity contribution in [1.82, 2.24) is 4.90 Å². The van der Waals surface area contributed by atoms with Gasteiger partial charge < -0.3 is 10.2 Å². The Bertz CT molecular complexity index is 765. The lowest BCUT2D eigenvalue weighted by molar-refractivity contribution is -0.128. The highest BCUT2D eigenvalue weighted by Crippen LogP contribution is 2.27. The van der Waals surface area contributed by atoms with E-state index >= 15 is 0 Å². The van der Waals surface area contributed by atoms with Crippen LogP contribution in [0.5, 0.6) is 0 Å². The van der Waals surface area contributed by atoms with Gasteiger partial charge in [0.1, 0.15) is 0 Å². The molecule has 0 unspecified atom stereocenters. The molecule has 24 heavy (non-hydrogen) atoms. The van der Waals surface area contributed by atoms with Gasteiger partial charge in [-0.25, -0.2) is 0 Å². The second kappa shape index (κ2) is 7.24. The maximum absolute atomic E-state index is 12.4. The number of hydrogen-bond donors (Lipinski definition) is 1. The molecule has 2 amide bonds. The van der Waals surface area contributed by atoms with E-state index < -0.39 is 5.92 Å². The van der Waals surface area contributed by atoms with Crippen molar-refractivity contribution in [1.29, 1.82) is 0 Å². The average Bonchev–Trinajstić information content (AvgIpc) is 2.93. The Hall–Kier alpha value is -2.04. The van der Waals surface area contributed by atoms with Crippen LogP contribution < -0.4 is 5.32 Å². The molecule has 0 bridgehead atoms. The number of hydrogen-bond acceptors (Lipinski definition) is 2. The highest BCUT2D eigenvalue weighted by Gasteiger charge is 2.34. The third kappa shape index (κ3) is 3.89. The van der Waals surface area contributed by atoms with Crippen molar-refractivity contribution in [2.45, 2.75) is 13.0 Å². The van der Waals surface area contributed by atoms with Gasteiger partial charge in [0.2, 0.25) is 11.8 Å². The van der Waals surface area contributed by atoms with Crippen LogP contribution in [0.2, 0.25) is 10.0 Å². The summed E-state index contributed by atoms with van der Waals surface area (Å²) in [5.41, 5.74) is 1.51. The van der Waals surface area contributed by atoms with Crippen LogP contribution >= 0.6 is 23.2 Å². The summed E-state index contributed by atoms with van der Waals surface area (Å²) in [6.45, 7) is 0.916. The lowest BCUT2D eigenvalue weighted by Gasteiger charge is -2.17. The number of carbonyl (C=O) groups excluding carboxylic acids is 2. The first kappa shape index (κ1) is 16.8. The van der Waals surface area contributed by atoms with Crippen LogP contribution in [0.4, 0.5) is 5.69 Å². The van der Waals surface area contributed by atoms with Gasteiger partial charge in [-0.3, -0.25) is 9.59 Å². The van der Waals surface area contributed by atoms with E-state index in [0.717, 1.165) is 5.56 Å². The Morgan fingerprint density at radius 1 is 1.17 bits per heavy atom. The zero-order valence-electron chi connectivity index (χ0n) is 12.8. The van der Waals surface area contributed by atoms with E-state index in [-0.39, 0.29) is 18.2 Å². The molecule has 0 saturated carbocycles. The van der Waals surface area contributed by atoms with Crippen molar-refractivity contribution in [2.24, 2.45) is 5.92 Å². The van der Waals surface area contributed by atoms with Crippen molar-refractivity contribution in [3.63, 3.8) is 0 Å². The molecule has 2 aromatic carbocycles. The Balaban J connectivity index is 1.64. The number of nitrogens with zero attached hydrogens (tertiary/aromatic N) is 1. The van der Waals surface area contributed by atoms with Crippen molar-refractivity contribution >= 4 is 40.7 Å². The minimum absolute atomic E-state index is 0.0174. The molecule has 0 aromatic heterocycles. The third-order valence-corrected chi connectivity index (χ3v) is 4.55. The van der Waals surface area contributed by atoms with E-state index in [0.29, 0.717) is 28.8 Å². The van der Waals surface area contributed by atoms with E-state index in [1.807, 2.05) is 30.3 Å². The monoisotopic (exact) mass is 362 g/mol. The first-order valence-electron chi connectivity index (χ1n) is 7.60. The average molecular weight is 363 g/mol. The number of carbonyl (C=O) groups is 2. The molecular formula is C18H16Cl2N2O2. The fourth-order valence-electron chi connectivity index (χ4n) is 2.73. The summed E-state index contributed by atoms with van der Waals surface area (Å²) in [5, 5.41) is 3.67. The van der Waals surface area contributed by atoms with Crippen molar-refractivity contribution in [3.05, 3.63) is 64.1 Å². The summed E-state index contributed by atoms with van der Waals surface area (Å²) >= 11 is 12.0. The maximum Gasteiger partial charge on any atom is 0.229 e. The van der Waals surface area contributed by atoms with E-state index in [4.69, 9.17) is 23.2 Å². The highest BCUT2D eigenvalue weighted by molar-refractivity contribution is 6.35. The number of halogens is 2. The third-order valence-electron chi connectivity index (χ3n) is 3.99. The van der Waals surface area contributed by atoms with Gasteiger partial charge in [-0.15, -0.1) is 0 Å². The Morgan fingerprint density at radius 3 is 2.67 bits per heavy atom. The molecule has 4 nitrogen and oxygen atoms in total. The molecular weight excluding hydrogens is 347 g/mol. The molecule has 1 atom stereocenters. The molecule has 3 rings (SSSR count). The molecule has 2 aromatic rings. The zero-order chi connectivity index (χ0) is 17.1. The second-order valence-corrected chi connectivity index (χ2v) is 6.62. The van der Waals surface area contributed by atoms with Crippen LogP contribution in [0.3, 0.4) is 0 Å². The van der Waals surface area contributed by atoms with E-state index in [1.165, 1.54) is 0 Å². The smallest absolute Gasteiger partial charge is 0.229 e. The second-order valence-electron chi connectivity index (χ2n) is 5.77. The quantitative estimate of drug-likeness (QED) is 0.893. The minimum atomic E-state index is -0.392. The largest absolute Gasteiger partial charge is 0.338 e. The summed E-state index contributed by atoms with van der Waals surface area (Å²) in [7, 11) is 0. The van der Waals surface area contributed by atoms with Crippen molar-refractivity contribution in [3.8, 4) is 0 Å². The van der Waals surface area contributed by atoms with Gasteiger partial charge in [-0.1, -0.05) is 53.5 Å². The number of nitrogens with one attached hydrogen (secondary N) is 1. The first-order chi connectivity index (χ1) is 11.5. The SMILES string of the molecule is O=C(Nc1cc(Cl)ccc1Cl)[C@@H]1CC(=O)N(Cc2ccccc2)C1. The summed E-state index contributed by atoms with van der Waals surface area (Å²) in [6.07, 6.45) is 0.205. The van der Waals surface area contributed by atoms with Crippen LogP contribution in [0.25, 0.3) is 0 Å². The van der Waals surface area contributed by atoms with Crippen LogP contribution in [-0.4, -0.2) is 23.3 Å². The molecule has 1 N–H and O–H groups in total. The molecule has 1 fully saturated rings. The molecule has 6 heteroatoms. The van der Waals surface area contributed by atoms with Gasteiger partial charge in [0.15, 0.2) is 0 Å². The summed E-state index contributed by atoms with van der Waals surface area (Å²) in [4.78, 5) is 26.3. The molecule has 1 saturated heterocycles. The fraction of sp³-hybridized carbons (Fsp3) is 0.222. The number of benzene rings is 2. The van der Waals surface area contributed by atoms with E-state index in [9.17, 15) is 9.59 Å². The van der Waals surface area contributed by atoms with Gasteiger partial charge in [0.25, 0.3) is 0 Å². The minimum Gasteiger partial charge on any atom is -0.338 e. The maximum atomic E-state index is 12.4.